The van der Waals surface area contributed by atoms with Gasteiger partial charge in [0.15, 0.2) is 0 Å². The van der Waals surface area contributed by atoms with Crippen molar-refractivity contribution >= 4 is 5.97 Å². The van der Waals surface area contributed by atoms with E-state index in [4.69, 9.17) is 5.11 Å². The summed E-state index contributed by atoms with van der Waals surface area (Å²) in [6.45, 7) is 3.71. The maximum Gasteiger partial charge on any atom is 0.309 e. The summed E-state index contributed by atoms with van der Waals surface area (Å²) in [6, 6.07) is 0.644. The molecule has 0 heterocycles. The number of aliphatic carboxylic acids is 1. The van der Waals surface area contributed by atoms with E-state index in [0.717, 1.165) is 25.7 Å². The van der Waals surface area contributed by atoms with Crippen LogP contribution in [-0.2, 0) is 4.79 Å². The first-order valence-corrected chi connectivity index (χ1v) is 5.75. The molecule has 1 rings (SSSR count). The van der Waals surface area contributed by atoms with E-state index in [-0.39, 0.29) is 0 Å². The Hall–Kier alpha value is -0.570. The molecule has 1 saturated carbocycles. The predicted octanol–water partition coefficient (Wildman–Crippen LogP) is 2.22. The molecular formula is C12H23NO2. The fourth-order valence-corrected chi connectivity index (χ4v) is 2.49. The maximum absolute atomic E-state index is 11.1. The first-order chi connectivity index (χ1) is 6.85. The highest BCUT2D eigenvalue weighted by Gasteiger charge is 2.38. The molecule has 0 aromatic heterocycles. The normalized spacial score (nSPS) is 28.1. The lowest BCUT2D eigenvalue weighted by atomic mass is 9.70. The van der Waals surface area contributed by atoms with E-state index in [9.17, 15) is 4.79 Å². The van der Waals surface area contributed by atoms with E-state index >= 15 is 0 Å². The molecule has 0 saturated heterocycles. The van der Waals surface area contributed by atoms with Crippen molar-refractivity contribution < 1.29 is 9.90 Å². The molecular weight excluding hydrogens is 190 g/mol. The van der Waals surface area contributed by atoms with E-state index in [2.05, 4.69) is 19.0 Å². The lowest BCUT2D eigenvalue weighted by Crippen LogP contribution is -2.39. The molecule has 88 valence electrons. The van der Waals surface area contributed by atoms with Crippen LogP contribution in [-0.4, -0.2) is 36.1 Å². The fourth-order valence-electron chi connectivity index (χ4n) is 2.49. The fraction of sp³-hybridized carbons (Fsp3) is 0.917. The Bertz CT molecular complexity index is 228. The third kappa shape index (κ3) is 2.71. The quantitative estimate of drug-likeness (QED) is 0.781. The van der Waals surface area contributed by atoms with Crippen LogP contribution in [0, 0.1) is 11.3 Å². The van der Waals surface area contributed by atoms with Crippen LogP contribution in [0.4, 0.5) is 0 Å². The van der Waals surface area contributed by atoms with Gasteiger partial charge in [-0.15, -0.1) is 0 Å². The van der Waals surface area contributed by atoms with Crippen LogP contribution in [0.25, 0.3) is 0 Å². The van der Waals surface area contributed by atoms with Crippen molar-refractivity contribution in [2.24, 2.45) is 11.3 Å². The second kappa shape index (κ2) is 4.52. The van der Waals surface area contributed by atoms with Crippen LogP contribution in [0.2, 0.25) is 0 Å². The average Bonchev–Trinajstić information content (AvgIpc) is 2.17. The van der Waals surface area contributed by atoms with Crippen LogP contribution < -0.4 is 0 Å². The molecule has 0 amide bonds. The molecule has 0 aromatic carbocycles. The second-order valence-electron chi connectivity index (χ2n) is 5.50. The van der Waals surface area contributed by atoms with Gasteiger partial charge in [0.25, 0.3) is 0 Å². The Balaban J connectivity index is 2.54. The van der Waals surface area contributed by atoms with Crippen molar-refractivity contribution in [1.29, 1.82) is 0 Å². The summed E-state index contributed by atoms with van der Waals surface area (Å²) in [6.07, 6.45) is 4.35. The zero-order valence-corrected chi connectivity index (χ0v) is 10.3. The summed E-state index contributed by atoms with van der Waals surface area (Å²) in [5.41, 5.74) is -0.558. The van der Waals surface area contributed by atoms with Gasteiger partial charge in [-0.1, -0.05) is 0 Å². The summed E-state index contributed by atoms with van der Waals surface area (Å²) in [7, 11) is 4.21. The molecule has 1 aliphatic rings. The minimum Gasteiger partial charge on any atom is -0.481 e. The molecule has 0 aromatic rings. The predicted molar refractivity (Wildman–Crippen MR) is 60.8 cm³/mol. The molecule has 3 heteroatoms. The van der Waals surface area contributed by atoms with Gasteiger partial charge >= 0.3 is 5.97 Å². The van der Waals surface area contributed by atoms with Gasteiger partial charge in [-0.25, -0.2) is 0 Å². The average molecular weight is 213 g/mol. The van der Waals surface area contributed by atoms with Gasteiger partial charge < -0.3 is 10.0 Å². The Morgan fingerprint density at radius 3 is 2.00 bits per heavy atom. The van der Waals surface area contributed by atoms with Crippen LogP contribution in [0.1, 0.15) is 39.5 Å². The SMILES string of the molecule is CN(C)[C@H]1CC[C@@H](C(C)(C)C(=O)O)CC1. The van der Waals surface area contributed by atoms with E-state index in [0.29, 0.717) is 12.0 Å². The van der Waals surface area contributed by atoms with Crippen LogP contribution in [0.15, 0.2) is 0 Å². The number of rotatable bonds is 3. The summed E-state index contributed by atoms with van der Waals surface area (Å²) in [5.74, 6) is -0.318. The van der Waals surface area contributed by atoms with Gasteiger partial charge in [0.2, 0.25) is 0 Å². The van der Waals surface area contributed by atoms with Crippen molar-refractivity contribution in [3.63, 3.8) is 0 Å². The summed E-state index contributed by atoms with van der Waals surface area (Å²) < 4.78 is 0. The van der Waals surface area contributed by atoms with E-state index in [1.165, 1.54) is 0 Å². The number of hydrogen-bond acceptors (Lipinski definition) is 2. The summed E-state index contributed by atoms with van der Waals surface area (Å²) in [4.78, 5) is 13.4. The monoisotopic (exact) mass is 213 g/mol. The largest absolute Gasteiger partial charge is 0.481 e. The van der Waals surface area contributed by atoms with Crippen LogP contribution >= 0.6 is 0 Å². The Morgan fingerprint density at radius 2 is 1.67 bits per heavy atom. The Kier molecular flexibility index (Phi) is 3.77. The maximum atomic E-state index is 11.1. The highest BCUT2D eigenvalue weighted by Crippen LogP contribution is 2.39. The molecule has 3 nitrogen and oxygen atoms in total. The first-order valence-electron chi connectivity index (χ1n) is 5.75. The lowest BCUT2D eigenvalue weighted by molar-refractivity contribution is -0.151. The molecule has 1 fully saturated rings. The highest BCUT2D eigenvalue weighted by atomic mass is 16.4. The standard InChI is InChI=1S/C12H23NO2/c1-12(2,11(14)15)9-5-7-10(8-6-9)13(3)4/h9-10H,5-8H2,1-4H3,(H,14,15)/t9-,10+. The summed E-state index contributed by atoms with van der Waals surface area (Å²) in [5, 5.41) is 9.16. The molecule has 0 spiro atoms. The third-order valence-corrected chi connectivity index (χ3v) is 4.00. The number of carboxylic acid groups (broad SMARTS) is 1. The van der Waals surface area contributed by atoms with Gasteiger partial charge in [0.05, 0.1) is 5.41 Å². The number of nitrogens with zero attached hydrogens (tertiary/aromatic N) is 1. The van der Waals surface area contributed by atoms with Crippen LogP contribution in [0.3, 0.4) is 0 Å². The minimum atomic E-state index is -0.657. The molecule has 1 N–H and O–H groups in total. The van der Waals surface area contributed by atoms with Crippen molar-refractivity contribution in [1.82, 2.24) is 4.90 Å². The topological polar surface area (TPSA) is 40.5 Å². The Labute approximate surface area is 92.5 Å². The van der Waals surface area contributed by atoms with Gasteiger partial charge in [-0.3, -0.25) is 4.79 Å². The summed E-state index contributed by atoms with van der Waals surface area (Å²) >= 11 is 0. The van der Waals surface area contributed by atoms with Crippen molar-refractivity contribution in [2.45, 2.75) is 45.6 Å². The lowest BCUT2D eigenvalue weighted by Gasteiger charge is -2.38. The third-order valence-electron chi connectivity index (χ3n) is 4.00. The molecule has 0 atom stereocenters. The smallest absolute Gasteiger partial charge is 0.309 e. The van der Waals surface area contributed by atoms with Gasteiger partial charge in [0, 0.05) is 6.04 Å². The zero-order valence-electron chi connectivity index (χ0n) is 10.3. The van der Waals surface area contributed by atoms with E-state index < -0.39 is 11.4 Å². The van der Waals surface area contributed by atoms with Crippen LogP contribution in [0.5, 0.6) is 0 Å². The minimum absolute atomic E-state index is 0.339. The molecule has 0 radical (unpaired) electrons. The molecule has 0 bridgehead atoms. The van der Waals surface area contributed by atoms with Crippen molar-refractivity contribution in [3.05, 3.63) is 0 Å². The van der Waals surface area contributed by atoms with E-state index in [1.807, 2.05) is 13.8 Å². The number of hydrogen-bond donors (Lipinski definition) is 1. The molecule has 15 heavy (non-hydrogen) atoms. The first kappa shape index (κ1) is 12.5. The number of carboxylic acids is 1. The van der Waals surface area contributed by atoms with E-state index in [1.54, 1.807) is 0 Å². The zero-order chi connectivity index (χ0) is 11.6. The molecule has 0 aliphatic heterocycles. The van der Waals surface area contributed by atoms with Crippen molar-refractivity contribution in [2.75, 3.05) is 14.1 Å². The molecule has 1 aliphatic carbocycles. The van der Waals surface area contributed by atoms with Gasteiger partial charge in [-0.05, 0) is 59.5 Å². The van der Waals surface area contributed by atoms with Crippen molar-refractivity contribution in [3.8, 4) is 0 Å². The molecule has 0 unspecified atom stereocenters. The van der Waals surface area contributed by atoms with Gasteiger partial charge in [0.1, 0.15) is 0 Å². The van der Waals surface area contributed by atoms with Gasteiger partial charge in [-0.2, -0.15) is 0 Å². The number of carbonyl (C=O) groups is 1. The Morgan fingerprint density at radius 1 is 1.20 bits per heavy atom. The second-order valence-corrected chi connectivity index (χ2v) is 5.50. The highest BCUT2D eigenvalue weighted by molar-refractivity contribution is 5.74.